The predicted molar refractivity (Wildman–Crippen MR) is 81.3 cm³/mol. The first kappa shape index (κ1) is 13.6. The molecule has 4 nitrogen and oxygen atoms in total. The Hall–Kier alpha value is -0.860. The van der Waals surface area contributed by atoms with Gasteiger partial charge in [-0.05, 0) is 47.7 Å². The molecule has 0 spiro atoms. The summed E-state index contributed by atoms with van der Waals surface area (Å²) in [5.41, 5.74) is 1.21. The lowest BCUT2D eigenvalue weighted by Crippen LogP contribution is -1.94. The Bertz CT molecular complexity index is 615. The molecule has 0 unspecified atom stereocenters. The van der Waals surface area contributed by atoms with Crippen LogP contribution in [0.15, 0.2) is 18.2 Å². The summed E-state index contributed by atoms with van der Waals surface area (Å²) in [6.45, 7) is 1.67. The first-order valence-corrected chi connectivity index (χ1v) is 7.17. The zero-order valence-corrected chi connectivity index (χ0v) is 12.9. The lowest BCUT2D eigenvalue weighted by Gasteiger charge is -2.05. The fourth-order valence-electron chi connectivity index (χ4n) is 1.35. The third-order valence-corrected chi connectivity index (χ3v) is 4.21. The van der Waals surface area contributed by atoms with Crippen molar-refractivity contribution in [2.75, 3.05) is 5.32 Å². The van der Waals surface area contributed by atoms with E-state index in [-0.39, 0.29) is 4.88 Å². The van der Waals surface area contributed by atoms with Crippen molar-refractivity contribution in [3.8, 4) is 0 Å². The Morgan fingerprint density at radius 1 is 1.56 bits per heavy atom. The molecule has 94 valence electrons. The molecule has 0 saturated carbocycles. The molecule has 0 radical (unpaired) electrons. The molecule has 0 saturated heterocycles. The van der Waals surface area contributed by atoms with E-state index in [1.807, 2.05) is 18.2 Å². The quantitative estimate of drug-likeness (QED) is 0.768. The summed E-state index contributed by atoms with van der Waals surface area (Å²) in [4.78, 5) is 15.3. The first-order chi connectivity index (χ1) is 8.47. The van der Waals surface area contributed by atoms with E-state index in [0.29, 0.717) is 21.5 Å². The number of thiazole rings is 1. The Labute approximate surface area is 126 Å². The van der Waals surface area contributed by atoms with Crippen molar-refractivity contribution >= 4 is 62.3 Å². The van der Waals surface area contributed by atoms with Crippen LogP contribution in [0.5, 0.6) is 0 Å². The van der Waals surface area contributed by atoms with Crippen LogP contribution in [0.1, 0.15) is 15.4 Å². The minimum Gasteiger partial charge on any atom is -0.477 e. The van der Waals surface area contributed by atoms with Gasteiger partial charge in [-0.1, -0.05) is 22.9 Å². The molecule has 18 heavy (non-hydrogen) atoms. The number of aryl methyl sites for hydroxylation is 1. The van der Waals surface area contributed by atoms with Crippen LogP contribution in [-0.4, -0.2) is 16.1 Å². The van der Waals surface area contributed by atoms with Gasteiger partial charge >= 0.3 is 5.97 Å². The molecule has 0 bridgehead atoms. The van der Waals surface area contributed by atoms with Crippen LogP contribution in [0.25, 0.3) is 0 Å². The number of rotatable bonds is 3. The van der Waals surface area contributed by atoms with Gasteiger partial charge in [0.2, 0.25) is 0 Å². The van der Waals surface area contributed by atoms with E-state index in [0.717, 1.165) is 14.9 Å². The second kappa shape index (κ2) is 5.41. The van der Waals surface area contributed by atoms with E-state index in [1.54, 1.807) is 6.92 Å². The van der Waals surface area contributed by atoms with Gasteiger partial charge in [0.25, 0.3) is 0 Å². The molecular formula is C11H8ClIN2O2S. The number of benzene rings is 1. The number of hydrogen-bond donors (Lipinski definition) is 2. The summed E-state index contributed by atoms with van der Waals surface area (Å²) in [6.07, 6.45) is 0. The Kier molecular flexibility index (Phi) is 4.08. The van der Waals surface area contributed by atoms with E-state index in [4.69, 9.17) is 16.7 Å². The molecule has 0 aliphatic carbocycles. The standard InChI is InChI=1S/C11H8ClIN2O2S/c1-5-9(10(16)17)18-11(14-5)15-8-3-2-6(13)4-7(8)12/h2-4H,1H3,(H,14,15)(H,16,17). The van der Waals surface area contributed by atoms with Gasteiger partial charge in [-0.25, -0.2) is 9.78 Å². The van der Waals surface area contributed by atoms with Gasteiger partial charge < -0.3 is 10.4 Å². The highest BCUT2D eigenvalue weighted by atomic mass is 127. The number of carboxylic acids is 1. The smallest absolute Gasteiger partial charge is 0.347 e. The van der Waals surface area contributed by atoms with Gasteiger partial charge in [-0.3, -0.25) is 0 Å². The molecular weight excluding hydrogens is 387 g/mol. The third-order valence-electron chi connectivity index (χ3n) is 2.16. The Morgan fingerprint density at radius 2 is 2.28 bits per heavy atom. The molecule has 2 rings (SSSR count). The molecule has 0 atom stereocenters. The molecule has 0 fully saturated rings. The number of aromatic nitrogens is 1. The van der Waals surface area contributed by atoms with Crippen LogP contribution in [0, 0.1) is 10.5 Å². The molecule has 0 aliphatic rings. The van der Waals surface area contributed by atoms with Crippen molar-refractivity contribution in [1.29, 1.82) is 0 Å². The van der Waals surface area contributed by atoms with Gasteiger partial charge in [-0.2, -0.15) is 0 Å². The zero-order chi connectivity index (χ0) is 13.3. The van der Waals surface area contributed by atoms with E-state index in [1.165, 1.54) is 0 Å². The summed E-state index contributed by atoms with van der Waals surface area (Å²) >= 11 is 9.34. The van der Waals surface area contributed by atoms with Crippen LogP contribution in [0.2, 0.25) is 5.02 Å². The highest BCUT2D eigenvalue weighted by molar-refractivity contribution is 14.1. The van der Waals surface area contributed by atoms with Crippen LogP contribution in [0.3, 0.4) is 0 Å². The van der Waals surface area contributed by atoms with Crippen molar-refractivity contribution < 1.29 is 9.90 Å². The van der Waals surface area contributed by atoms with Crippen molar-refractivity contribution in [3.63, 3.8) is 0 Å². The fourth-order valence-corrected chi connectivity index (χ4v) is 3.08. The predicted octanol–water partition coefficient (Wildman–Crippen LogP) is 4.15. The Morgan fingerprint density at radius 3 is 2.83 bits per heavy atom. The van der Waals surface area contributed by atoms with Crippen molar-refractivity contribution in [1.82, 2.24) is 4.98 Å². The van der Waals surface area contributed by atoms with Gasteiger partial charge in [0.15, 0.2) is 5.13 Å². The molecule has 0 amide bonds. The van der Waals surface area contributed by atoms with Crippen molar-refractivity contribution in [2.24, 2.45) is 0 Å². The lowest BCUT2D eigenvalue weighted by atomic mass is 10.3. The highest BCUT2D eigenvalue weighted by Gasteiger charge is 2.14. The van der Waals surface area contributed by atoms with Crippen LogP contribution < -0.4 is 5.32 Å². The van der Waals surface area contributed by atoms with Crippen LogP contribution in [0.4, 0.5) is 10.8 Å². The summed E-state index contributed by atoms with van der Waals surface area (Å²) < 4.78 is 1.03. The number of nitrogens with one attached hydrogen (secondary N) is 1. The third kappa shape index (κ3) is 2.93. The van der Waals surface area contributed by atoms with Crippen LogP contribution in [-0.2, 0) is 0 Å². The van der Waals surface area contributed by atoms with E-state index in [9.17, 15) is 4.79 Å². The molecule has 1 heterocycles. The number of hydrogen-bond acceptors (Lipinski definition) is 4. The zero-order valence-electron chi connectivity index (χ0n) is 9.20. The van der Waals surface area contributed by atoms with Gasteiger partial charge in [0.05, 0.1) is 16.4 Å². The van der Waals surface area contributed by atoms with Crippen LogP contribution >= 0.6 is 45.5 Å². The average Bonchev–Trinajstić information content (AvgIpc) is 2.64. The number of carboxylic acid groups (broad SMARTS) is 1. The maximum Gasteiger partial charge on any atom is 0.347 e. The minimum atomic E-state index is -0.966. The Balaban J connectivity index is 2.29. The number of nitrogens with zero attached hydrogens (tertiary/aromatic N) is 1. The summed E-state index contributed by atoms with van der Waals surface area (Å²) in [5.74, 6) is -0.966. The lowest BCUT2D eigenvalue weighted by molar-refractivity contribution is 0.0701. The second-order valence-corrected chi connectivity index (χ2v) is 6.14. The normalized spacial score (nSPS) is 10.4. The number of anilines is 2. The van der Waals surface area contributed by atoms with Gasteiger partial charge in [0.1, 0.15) is 4.88 Å². The van der Waals surface area contributed by atoms with Crippen molar-refractivity contribution in [2.45, 2.75) is 6.92 Å². The van der Waals surface area contributed by atoms with E-state index < -0.39 is 5.97 Å². The molecule has 1 aromatic carbocycles. The van der Waals surface area contributed by atoms with Crippen molar-refractivity contribution in [3.05, 3.63) is 37.4 Å². The summed E-state index contributed by atoms with van der Waals surface area (Å²) in [5, 5.41) is 13.1. The van der Waals surface area contributed by atoms with Gasteiger partial charge in [0, 0.05) is 3.57 Å². The van der Waals surface area contributed by atoms with E-state index in [2.05, 4.69) is 32.9 Å². The number of halogens is 2. The monoisotopic (exact) mass is 394 g/mol. The SMILES string of the molecule is Cc1nc(Nc2ccc(I)cc2Cl)sc1C(=O)O. The average molecular weight is 395 g/mol. The molecule has 1 aromatic heterocycles. The summed E-state index contributed by atoms with van der Waals surface area (Å²) in [6, 6.07) is 5.57. The second-order valence-electron chi connectivity index (χ2n) is 3.49. The molecule has 7 heteroatoms. The number of carbonyl (C=O) groups is 1. The fraction of sp³-hybridized carbons (Fsp3) is 0.0909. The van der Waals surface area contributed by atoms with Gasteiger partial charge in [-0.15, -0.1) is 0 Å². The van der Waals surface area contributed by atoms with E-state index >= 15 is 0 Å². The summed E-state index contributed by atoms with van der Waals surface area (Å²) in [7, 11) is 0. The molecule has 2 aromatic rings. The maximum atomic E-state index is 10.9. The minimum absolute atomic E-state index is 0.235. The first-order valence-electron chi connectivity index (χ1n) is 4.90. The molecule has 2 N–H and O–H groups in total. The maximum absolute atomic E-state index is 10.9. The highest BCUT2D eigenvalue weighted by Crippen LogP contribution is 2.30. The molecule has 0 aliphatic heterocycles. The number of aromatic carboxylic acids is 1. The largest absolute Gasteiger partial charge is 0.477 e. The topological polar surface area (TPSA) is 62.2 Å².